The van der Waals surface area contributed by atoms with E-state index in [9.17, 15) is 9.59 Å². The standard InChI is InChI=1S/C22H24N4O3S/c1-29-15-2-3-19-17(12-15)18(13-24-19)14-4-8-26(9-5-14)10-6-20(27)25-22-16(21(23)28)7-11-30-22/h2-4,7,11-13,24H,5-6,8-10H2,1H3,(H2,23,28)(H,25,27). The zero-order valence-electron chi connectivity index (χ0n) is 16.7. The van der Waals surface area contributed by atoms with Crippen molar-refractivity contribution in [2.24, 2.45) is 5.73 Å². The molecule has 0 radical (unpaired) electrons. The maximum absolute atomic E-state index is 12.3. The van der Waals surface area contributed by atoms with Crippen LogP contribution in [0.4, 0.5) is 5.00 Å². The van der Waals surface area contributed by atoms with Gasteiger partial charge in [-0.3, -0.25) is 14.5 Å². The molecule has 0 bridgehead atoms. The predicted octanol–water partition coefficient (Wildman–Crippen LogP) is 3.45. The van der Waals surface area contributed by atoms with Gasteiger partial charge in [0.25, 0.3) is 5.91 Å². The van der Waals surface area contributed by atoms with Crippen LogP contribution in [-0.4, -0.2) is 48.4 Å². The van der Waals surface area contributed by atoms with E-state index in [1.807, 2.05) is 12.1 Å². The number of primary amides is 1. The molecule has 1 aromatic carbocycles. The highest BCUT2D eigenvalue weighted by Gasteiger charge is 2.18. The first kappa shape index (κ1) is 20.2. The number of nitrogens with two attached hydrogens (primary N) is 1. The van der Waals surface area contributed by atoms with Crippen molar-refractivity contribution in [2.75, 3.05) is 32.1 Å². The van der Waals surface area contributed by atoms with Gasteiger partial charge in [0.2, 0.25) is 5.91 Å². The van der Waals surface area contributed by atoms with Gasteiger partial charge in [-0.05, 0) is 41.6 Å². The Morgan fingerprint density at radius 3 is 2.93 bits per heavy atom. The van der Waals surface area contributed by atoms with Gasteiger partial charge in [0.05, 0.1) is 12.7 Å². The molecule has 156 valence electrons. The molecule has 3 aromatic rings. The summed E-state index contributed by atoms with van der Waals surface area (Å²) in [6.45, 7) is 2.35. The monoisotopic (exact) mass is 424 g/mol. The van der Waals surface area contributed by atoms with Gasteiger partial charge in [0.1, 0.15) is 10.8 Å². The first-order chi connectivity index (χ1) is 14.5. The number of methoxy groups -OCH3 is 1. The number of thiophene rings is 1. The summed E-state index contributed by atoms with van der Waals surface area (Å²) < 4.78 is 5.36. The minimum atomic E-state index is -0.532. The third-order valence-corrected chi connectivity index (χ3v) is 6.20. The van der Waals surface area contributed by atoms with Crippen molar-refractivity contribution in [3.05, 3.63) is 53.0 Å². The van der Waals surface area contributed by atoms with Crippen molar-refractivity contribution >= 4 is 44.6 Å². The molecule has 0 saturated heterocycles. The van der Waals surface area contributed by atoms with Crippen LogP contribution in [0.25, 0.3) is 16.5 Å². The fourth-order valence-electron chi connectivity index (χ4n) is 3.70. The second-order valence-corrected chi connectivity index (χ2v) is 8.14. The molecule has 4 N–H and O–H groups in total. The van der Waals surface area contributed by atoms with Crippen LogP contribution in [0.1, 0.15) is 28.8 Å². The van der Waals surface area contributed by atoms with E-state index in [4.69, 9.17) is 10.5 Å². The highest BCUT2D eigenvalue weighted by molar-refractivity contribution is 7.14. The largest absolute Gasteiger partial charge is 0.497 e. The number of fused-ring (bicyclic) bond motifs is 1. The van der Waals surface area contributed by atoms with Gasteiger partial charge in [0.15, 0.2) is 0 Å². The maximum atomic E-state index is 12.3. The number of hydrogen-bond donors (Lipinski definition) is 3. The second kappa shape index (κ2) is 8.73. The Hall–Kier alpha value is -3.10. The highest BCUT2D eigenvalue weighted by Crippen LogP contribution is 2.31. The topological polar surface area (TPSA) is 100 Å². The SMILES string of the molecule is COc1ccc2[nH]cc(C3=CCN(CCC(=O)Nc4sccc4C(N)=O)CC3)c2c1. The summed E-state index contributed by atoms with van der Waals surface area (Å²) in [5.74, 6) is 0.200. The number of amides is 2. The van der Waals surface area contributed by atoms with Crippen molar-refractivity contribution in [3.8, 4) is 5.75 Å². The number of carbonyl (C=O) groups is 2. The van der Waals surface area contributed by atoms with Gasteiger partial charge in [-0.15, -0.1) is 11.3 Å². The minimum Gasteiger partial charge on any atom is -0.497 e. The van der Waals surface area contributed by atoms with E-state index in [1.54, 1.807) is 18.6 Å². The average molecular weight is 425 g/mol. The molecule has 0 saturated carbocycles. The molecule has 1 aliphatic rings. The van der Waals surface area contributed by atoms with Crippen molar-refractivity contribution in [2.45, 2.75) is 12.8 Å². The van der Waals surface area contributed by atoms with Crippen LogP contribution in [0.2, 0.25) is 0 Å². The van der Waals surface area contributed by atoms with Crippen molar-refractivity contribution in [1.82, 2.24) is 9.88 Å². The Balaban J connectivity index is 1.35. The molecule has 0 unspecified atom stereocenters. The first-order valence-corrected chi connectivity index (χ1v) is 10.7. The summed E-state index contributed by atoms with van der Waals surface area (Å²) in [4.78, 5) is 29.2. The van der Waals surface area contributed by atoms with Crippen LogP contribution in [-0.2, 0) is 4.79 Å². The molecule has 8 heteroatoms. The Bertz CT molecular complexity index is 1110. The molecular weight excluding hydrogens is 400 g/mol. The third-order valence-electron chi connectivity index (χ3n) is 5.37. The smallest absolute Gasteiger partial charge is 0.251 e. The molecule has 4 rings (SSSR count). The van der Waals surface area contributed by atoms with Crippen LogP contribution in [0.5, 0.6) is 5.75 Å². The number of anilines is 1. The Morgan fingerprint density at radius 1 is 1.33 bits per heavy atom. The number of ether oxygens (including phenoxy) is 1. The number of aromatic amines is 1. The van der Waals surface area contributed by atoms with E-state index in [0.717, 1.165) is 36.2 Å². The van der Waals surface area contributed by atoms with Crippen molar-refractivity contribution < 1.29 is 14.3 Å². The van der Waals surface area contributed by atoms with Gasteiger partial charge in [-0.1, -0.05) is 6.08 Å². The molecule has 7 nitrogen and oxygen atoms in total. The number of hydrogen-bond acceptors (Lipinski definition) is 5. The fourth-order valence-corrected chi connectivity index (χ4v) is 4.51. The average Bonchev–Trinajstić information content (AvgIpc) is 3.39. The molecule has 0 spiro atoms. The molecule has 2 amide bonds. The van der Waals surface area contributed by atoms with E-state index in [0.29, 0.717) is 23.5 Å². The maximum Gasteiger partial charge on any atom is 0.251 e. The van der Waals surface area contributed by atoms with Gasteiger partial charge in [-0.2, -0.15) is 0 Å². The van der Waals surface area contributed by atoms with Gasteiger partial charge in [-0.25, -0.2) is 0 Å². The molecule has 2 aromatic heterocycles. The van der Waals surface area contributed by atoms with E-state index < -0.39 is 5.91 Å². The van der Waals surface area contributed by atoms with Crippen LogP contribution in [0.15, 0.2) is 41.9 Å². The van der Waals surface area contributed by atoms with E-state index >= 15 is 0 Å². The lowest BCUT2D eigenvalue weighted by Gasteiger charge is -2.26. The summed E-state index contributed by atoms with van der Waals surface area (Å²) in [6.07, 6.45) is 5.57. The summed E-state index contributed by atoms with van der Waals surface area (Å²) in [6, 6.07) is 7.67. The first-order valence-electron chi connectivity index (χ1n) is 9.79. The number of benzene rings is 1. The van der Waals surface area contributed by atoms with Crippen molar-refractivity contribution in [3.63, 3.8) is 0 Å². The van der Waals surface area contributed by atoms with E-state index in [2.05, 4.69) is 33.5 Å². The normalized spacial score (nSPS) is 14.5. The quantitative estimate of drug-likeness (QED) is 0.541. The fraction of sp³-hybridized carbons (Fsp3) is 0.273. The molecule has 0 aliphatic carbocycles. The lowest BCUT2D eigenvalue weighted by Crippen LogP contribution is -2.31. The number of nitrogens with one attached hydrogen (secondary N) is 2. The predicted molar refractivity (Wildman–Crippen MR) is 120 cm³/mol. The second-order valence-electron chi connectivity index (χ2n) is 7.22. The Kier molecular flexibility index (Phi) is 5.87. The zero-order valence-corrected chi connectivity index (χ0v) is 17.6. The summed E-state index contributed by atoms with van der Waals surface area (Å²) in [7, 11) is 1.68. The molecule has 30 heavy (non-hydrogen) atoms. The molecule has 3 heterocycles. The summed E-state index contributed by atoms with van der Waals surface area (Å²) in [5.41, 5.74) is 9.28. The van der Waals surface area contributed by atoms with Gasteiger partial charge >= 0.3 is 0 Å². The number of H-pyrrole nitrogens is 1. The number of nitrogens with zero attached hydrogens (tertiary/aromatic N) is 1. The van der Waals surface area contributed by atoms with Gasteiger partial charge in [0, 0.05) is 48.7 Å². The molecule has 0 atom stereocenters. The number of aromatic nitrogens is 1. The zero-order chi connectivity index (χ0) is 21.1. The highest BCUT2D eigenvalue weighted by atomic mass is 32.1. The van der Waals surface area contributed by atoms with Crippen molar-refractivity contribution in [1.29, 1.82) is 0 Å². The minimum absolute atomic E-state index is 0.113. The number of carbonyl (C=O) groups excluding carboxylic acids is 2. The van der Waals surface area contributed by atoms with Crippen LogP contribution in [0, 0.1) is 0 Å². The lowest BCUT2D eigenvalue weighted by molar-refractivity contribution is -0.116. The summed E-state index contributed by atoms with van der Waals surface area (Å²) >= 11 is 1.30. The van der Waals surface area contributed by atoms with Gasteiger partial charge < -0.3 is 20.8 Å². The van der Waals surface area contributed by atoms with E-state index in [1.165, 1.54) is 22.5 Å². The molecule has 0 fully saturated rings. The summed E-state index contributed by atoms with van der Waals surface area (Å²) in [5, 5.41) is 6.22. The van der Waals surface area contributed by atoms with Crippen LogP contribution in [0.3, 0.4) is 0 Å². The lowest BCUT2D eigenvalue weighted by atomic mass is 9.98. The van der Waals surface area contributed by atoms with E-state index in [-0.39, 0.29) is 5.91 Å². The Morgan fingerprint density at radius 2 is 2.20 bits per heavy atom. The third kappa shape index (κ3) is 4.24. The van der Waals surface area contributed by atoms with Crippen LogP contribution < -0.4 is 15.8 Å². The van der Waals surface area contributed by atoms with Crippen LogP contribution >= 0.6 is 11.3 Å². The molecule has 1 aliphatic heterocycles. The number of rotatable bonds is 7. The molecular formula is C22H24N4O3S. The Labute approximate surface area is 178 Å².